The van der Waals surface area contributed by atoms with Gasteiger partial charge in [-0.2, -0.15) is 0 Å². The van der Waals surface area contributed by atoms with Gasteiger partial charge in [-0.15, -0.1) is 0 Å². The second-order valence-corrected chi connectivity index (χ2v) is 4.95. The minimum atomic E-state index is -0.121. The number of aryl methyl sites for hydroxylation is 1. The van der Waals surface area contributed by atoms with Crippen LogP contribution in [0.5, 0.6) is 5.75 Å². The van der Waals surface area contributed by atoms with E-state index in [-0.39, 0.29) is 6.04 Å². The van der Waals surface area contributed by atoms with Crippen LogP contribution in [0, 0.1) is 0 Å². The first-order valence-electron chi connectivity index (χ1n) is 6.47. The zero-order chi connectivity index (χ0) is 13.2. The lowest BCUT2D eigenvalue weighted by atomic mass is 10.0. The molecule has 1 fully saturated rings. The van der Waals surface area contributed by atoms with Crippen LogP contribution in [0.2, 0.25) is 0 Å². The smallest absolute Gasteiger partial charge is 0.120 e. The Hall–Kier alpha value is -1.85. The Bertz CT molecular complexity index is 562. The van der Waals surface area contributed by atoms with Crippen LogP contribution in [0.1, 0.15) is 30.1 Å². The van der Waals surface area contributed by atoms with E-state index in [0.717, 1.165) is 29.8 Å². The van der Waals surface area contributed by atoms with Gasteiger partial charge >= 0.3 is 0 Å². The molecule has 3 N–H and O–H groups in total. The minimum absolute atomic E-state index is 0.121. The van der Waals surface area contributed by atoms with E-state index in [4.69, 9.17) is 10.6 Å². The van der Waals surface area contributed by atoms with E-state index in [1.807, 2.05) is 42.1 Å². The standard InChI is InChI=1S/C14H18N4O/c1-18-8-13(16-9-18)14(17-15)10-3-2-4-12(7-10)19-11-5-6-11/h2-4,7-9,11,14,17H,5-6,15H2,1H3. The van der Waals surface area contributed by atoms with Gasteiger partial charge in [0.1, 0.15) is 5.75 Å². The van der Waals surface area contributed by atoms with Crippen molar-refractivity contribution in [2.45, 2.75) is 25.0 Å². The zero-order valence-electron chi connectivity index (χ0n) is 10.9. The van der Waals surface area contributed by atoms with Crippen molar-refractivity contribution in [2.24, 2.45) is 12.9 Å². The number of hydrogen-bond donors (Lipinski definition) is 2. The maximum Gasteiger partial charge on any atom is 0.120 e. The van der Waals surface area contributed by atoms with Gasteiger partial charge < -0.3 is 9.30 Å². The molecule has 5 heteroatoms. The van der Waals surface area contributed by atoms with Gasteiger partial charge in [0.15, 0.2) is 0 Å². The van der Waals surface area contributed by atoms with E-state index in [9.17, 15) is 0 Å². The summed E-state index contributed by atoms with van der Waals surface area (Å²) < 4.78 is 7.71. The Kier molecular flexibility index (Phi) is 3.23. The van der Waals surface area contributed by atoms with E-state index in [1.165, 1.54) is 0 Å². The van der Waals surface area contributed by atoms with Crippen molar-refractivity contribution in [1.82, 2.24) is 15.0 Å². The average molecular weight is 258 g/mol. The molecule has 0 amide bonds. The number of imidazole rings is 1. The molecule has 0 saturated heterocycles. The summed E-state index contributed by atoms with van der Waals surface area (Å²) >= 11 is 0. The number of hydrogen-bond acceptors (Lipinski definition) is 4. The van der Waals surface area contributed by atoms with E-state index in [2.05, 4.69) is 10.4 Å². The van der Waals surface area contributed by atoms with Crippen molar-refractivity contribution < 1.29 is 4.74 Å². The fourth-order valence-electron chi connectivity index (χ4n) is 2.08. The molecule has 1 heterocycles. The number of nitrogens with two attached hydrogens (primary N) is 1. The summed E-state index contributed by atoms with van der Waals surface area (Å²) in [6.07, 6.45) is 6.43. The number of benzene rings is 1. The molecule has 0 aliphatic heterocycles. The van der Waals surface area contributed by atoms with Gasteiger partial charge in [-0.1, -0.05) is 12.1 Å². The Morgan fingerprint density at radius 3 is 2.95 bits per heavy atom. The maximum absolute atomic E-state index is 5.81. The molecule has 0 radical (unpaired) electrons. The summed E-state index contributed by atoms with van der Waals surface area (Å²) in [5.74, 6) is 6.57. The second kappa shape index (κ2) is 5.03. The predicted molar refractivity (Wildman–Crippen MR) is 72.5 cm³/mol. The van der Waals surface area contributed by atoms with E-state index < -0.39 is 0 Å². The van der Waals surface area contributed by atoms with Crippen molar-refractivity contribution in [2.75, 3.05) is 0 Å². The van der Waals surface area contributed by atoms with Crippen molar-refractivity contribution >= 4 is 0 Å². The molecular formula is C14H18N4O. The second-order valence-electron chi connectivity index (χ2n) is 4.95. The fraction of sp³-hybridized carbons (Fsp3) is 0.357. The molecule has 19 heavy (non-hydrogen) atoms. The first-order chi connectivity index (χ1) is 9.26. The lowest BCUT2D eigenvalue weighted by molar-refractivity contribution is 0.302. The Labute approximate surface area is 112 Å². The molecule has 1 saturated carbocycles. The average Bonchev–Trinajstić information content (AvgIpc) is 3.12. The minimum Gasteiger partial charge on any atom is -0.490 e. The van der Waals surface area contributed by atoms with Gasteiger partial charge in [0.2, 0.25) is 0 Å². The van der Waals surface area contributed by atoms with Crippen LogP contribution >= 0.6 is 0 Å². The molecule has 1 aliphatic rings. The number of nitrogens with zero attached hydrogens (tertiary/aromatic N) is 2. The molecule has 2 aromatic rings. The first-order valence-corrected chi connectivity index (χ1v) is 6.47. The molecule has 1 atom stereocenters. The van der Waals surface area contributed by atoms with E-state index >= 15 is 0 Å². The Morgan fingerprint density at radius 1 is 1.47 bits per heavy atom. The number of ether oxygens (including phenoxy) is 1. The highest BCUT2D eigenvalue weighted by Gasteiger charge is 2.24. The third-order valence-electron chi connectivity index (χ3n) is 3.21. The number of aromatic nitrogens is 2. The third kappa shape index (κ3) is 2.77. The van der Waals surface area contributed by atoms with Crippen molar-refractivity contribution in [3.63, 3.8) is 0 Å². The van der Waals surface area contributed by atoms with E-state index in [0.29, 0.717) is 6.10 Å². The van der Waals surface area contributed by atoms with Crippen LogP contribution in [0.4, 0.5) is 0 Å². The van der Waals surface area contributed by atoms with Gasteiger partial charge in [0.05, 0.1) is 24.2 Å². The quantitative estimate of drug-likeness (QED) is 0.630. The molecule has 1 unspecified atom stereocenters. The monoisotopic (exact) mass is 258 g/mol. The fourth-order valence-corrected chi connectivity index (χ4v) is 2.08. The predicted octanol–water partition coefficient (Wildman–Crippen LogP) is 1.51. The van der Waals surface area contributed by atoms with Crippen LogP contribution < -0.4 is 16.0 Å². The van der Waals surface area contributed by atoms with Gasteiger partial charge in [-0.25, -0.2) is 10.4 Å². The van der Waals surface area contributed by atoms with Crippen LogP contribution in [-0.4, -0.2) is 15.7 Å². The Balaban J connectivity index is 1.85. The van der Waals surface area contributed by atoms with Crippen LogP contribution in [0.15, 0.2) is 36.8 Å². The van der Waals surface area contributed by atoms with Crippen LogP contribution in [-0.2, 0) is 7.05 Å². The zero-order valence-corrected chi connectivity index (χ0v) is 10.9. The van der Waals surface area contributed by atoms with Crippen molar-refractivity contribution in [3.8, 4) is 5.75 Å². The van der Waals surface area contributed by atoms with Gasteiger partial charge in [-0.3, -0.25) is 5.84 Å². The largest absolute Gasteiger partial charge is 0.490 e. The first kappa shape index (κ1) is 12.2. The molecule has 1 aromatic heterocycles. The lowest BCUT2D eigenvalue weighted by Crippen LogP contribution is -2.29. The summed E-state index contributed by atoms with van der Waals surface area (Å²) in [5.41, 5.74) is 4.76. The van der Waals surface area contributed by atoms with Crippen molar-refractivity contribution in [3.05, 3.63) is 48.0 Å². The molecule has 1 aromatic carbocycles. The van der Waals surface area contributed by atoms with Gasteiger partial charge in [-0.05, 0) is 30.5 Å². The highest BCUT2D eigenvalue weighted by Crippen LogP contribution is 2.29. The summed E-state index contributed by atoms with van der Waals surface area (Å²) in [6.45, 7) is 0. The third-order valence-corrected chi connectivity index (χ3v) is 3.21. The highest BCUT2D eigenvalue weighted by atomic mass is 16.5. The van der Waals surface area contributed by atoms with Crippen LogP contribution in [0.3, 0.4) is 0 Å². The summed E-state index contributed by atoms with van der Waals surface area (Å²) in [7, 11) is 1.94. The molecule has 100 valence electrons. The Morgan fingerprint density at radius 2 is 2.32 bits per heavy atom. The lowest BCUT2D eigenvalue weighted by Gasteiger charge is -2.15. The van der Waals surface area contributed by atoms with E-state index in [1.54, 1.807) is 6.33 Å². The summed E-state index contributed by atoms with van der Waals surface area (Å²) in [5, 5.41) is 0. The summed E-state index contributed by atoms with van der Waals surface area (Å²) in [6, 6.07) is 7.90. The number of rotatable bonds is 5. The maximum atomic E-state index is 5.81. The van der Waals surface area contributed by atoms with Crippen LogP contribution in [0.25, 0.3) is 0 Å². The number of hydrazine groups is 1. The molecule has 1 aliphatic carbocycles. The molecule has 5 nitrogen and oxygen atoms in total. The molecule has 3 rings (SSSR count). The molecule has 0 spiro atoms. The number of nitrogens with one attached hydrogen (secondary N) is 1. The summed E-state index contributed by atoms with van der Waals surface area (Å²) in [4.78, 5) is 4.35. The molecular weight excluding hydrogens is 240 g/mol. The van der Waals surface area contributed by atoms with Crippen molar-refractivity contribution in [1.29, 1.82) is 0 Å². The SMILES string of the molecule is Cn1cnc(C(NN)c2cccc(OC3CC3)c2)c1. The normalized spacial score (nSPS) is 16.3. The van der Waals surface area contributed by atoms with Gasteiger partial charge in [0.25, 0.3) is 0 Å². The topological polar surface area (TPSA) is 65.1 Å². The highest BCUT2D eigenvalue weighted by molar-refractivity contribution is 5.34. The van der Waals surface area contributed by atoms with Gasteiger partial charge in [0, 0.05) is 13.2 Å². The molecule has 0 bridgehead atoms.